The van der Waals surface area contributed by atoms with Gasteiger partial charge in [0, 0.05) is 4.88 Å². The van der Waals surface area contributed by atoms with Crippen molar-refractivity contribution in [3.63, 3.8) is 0 Å². The van der Waals surface area contributed by atoms with E-state index in [9.17, 15) is 9.59 Å². The minimum absolute atomic E-state index is 0.277. The molecule has 3 rings (SSSR count). The molecule has 0 radical (unpaired) electrons. The molecule has 0 saturated heterocycles. The number of nitrogens with zero attached hydrogens (tertiary/aromatic N) is 1. The van der Waals surface area contributed by atoms with Crippen LogP contribution < -0.4 is 16.0 Å². The molecule has 0 fully saturated rings. The minimum Gasteiger partial charge on any atom is -0.497 e. The molecule has 0 unspecified atom stereocenters. The number of thiophene rings is 1. The minimum atomic E-state index is -0.402. The normalized spacial score (nSPS) is 10.8. The number of H-pyrrole nitrogens is 1. The second-order valence-electron chi connectivity index (χ2n) is 4.31. The summed E-state index contributed by atoms with van der Waals surface area (Å²) in [5.74, 6) is 0.587. The number of nitrogens with one attached hydrogen (secondary N) is 1. The van der Waals surface area contributed by atoms with Crippen molar-refractivity contribution < 1.29 is 4.74 Å². The Labute approximate surface area is 118 Å². The molecule has 0 aliphatic rings. The van der Waals surface area contributed by atoms with Crippen LogP contribution in [0.1, 0.15) is 4.88 Å². The molecule has 1 N–H and O–H groups in total. The molecule has 6 heteroatoms. The number of benzene rings is 1. The van der Waals surface area contributed by atoms with E-state index in [4.69, 9.17) is 4.74 Å². The Morgan fingerprint density at radius 2 is 2.15 bits per heavy atom. The Balaban J connectivity index is 2.22. The van der Waals surface area contributed by atoms with Gasteiger partial charge in [0.2, 0.25) is 0 Å². The molecule has 102 valence electrons. The van der Waals surface area contributed by atoms with Gasteiger partial charge in [-0.15, -0.1) is 11.3 Å². The van der Waals surface area contributed by atoms with Gasteiger partial charge in [0.15, 0.2) is 0 Å². The lowest BCUT2D eigenvalue weighted by atomic mass is 10.2. The first kappa shape index (κ1) is 12.7. The number of fused-ring (bicyclic) bond motifs is 1. The lowest BCUT2D eigenvalue weighted by Crippen LogP contribution is -2.35. The van der Waals surface area contributed by atoms with Gasteiger partial charge in [-0.2, -0.15) is 0 Å². The average molecular weight is 288 g/mol. The molecule has 5 nitrogen and oxygen atoms in total. The number of aromatic amines is 1. The van der Waals surface area contributed by atoms with Crippen molar-refractivity contribution in [1.29, 1.82) is 0 Å². The maximum Gasteiger partial charge on any atom is 0.329 e. The van der Waals surface area contributed by atoms with Crippen LogP contribution in [0.4, 0.5) is 0 Å². The van der Waals surface area contributed by atoms with Crippen molar-refractivity contribution in [3.05, 3.63) is 61.4 Å². The maximum absolute atomic E-state index is 12.4. The Kier molecular flexibility index (Phi) is 3.15. The third-order valence-electron chi connectivity index (χ3n) is 3.08. The van der Waals surface area contributed by atoms with Gasteiger partial charge in [-0.1, -0.05) is 6.07 Å². The highest BCUT2D eigenvalue weighted by Crippen LogP contribution is 2.15. The second-order valence-corrected chi connectivity index (χ2v) is 5.34. The van der Waals surface area contributed by atoms with Gasteiger partial charge in [0.05, 0.1) is 24.6 Å². The summed E-state index contributed by atoms with van der Waals surface area (Å²) < 4.78 is 6.32. The Morgan fingerprint density at radius 3 is 2.85 bits per heavy atom. The predicted octanol–water partition coefficient (Wildman–Crippen LogP) is 1.81. The van der Waals surface area contributed by atoms with Gasteiger partial charge in [-0.25, -0.2) is 4.79 Å². The molecule has 0 aliphatic carbocycles. The molecule has 20 heavy (non-hydrogen) atoms. The van der Waals surface area contributed by atoms with Crippen LogP contribution in [-0.2, 0) is 6.54 Å². The molecule has 3 aromatic rings. The summed E-state index contributed by atoms with van der Waals surface area (Å²) in [6.07, 6.45) is 0. The molecule has 0 amide bonds. The van der Waals surface area contributed by atoms with Crippen LogP contribution in [0.5, 0.6) is 5.75 Å². The van der Waals surface area contributed by atoms with Gasteiger partial charge in [0.1, 0.15) is 5.75 Å². The van der Waals surface area contributed by atoms with Crippen LogP contribution >= 0.6 is 11.3 Å². The van der Waals surface area contributed by atoms with E-state index in [1.54, 1.807) is 18.2 Å². The van der Waals surface area contributed by atoms with Crippen molar-refractivity contribution in [1.82, 2.24) is 9.55 Å². The van der Waals surface area contributed by atoms with E-state index in [1.807, 2.05) is 17.5 Å². The Bertz CT molecular complexity index is 862. The van der Waals surface area contributed by atoms with Crippen molar-refractivity contribution in [2.75, 3.05) is 7.11 Å². The van der Waals surface area contributed by atoms with Crippen LogP contribution in [0.15, 0.2) is 45.3 Å². The molecule has 0 aliphatic heterocycles. The third-order valence-corrected chi connectivity index (χ3v) is 3.94. The lowest BCUT2D eigenvalue weighted by Gasteiger charge is -2.06. The highest BCUT2D eigenvalue weighted by atomic mass is 32.1. The topological polar surface area (TPSA) is 64.1 Å². The van der Waals surface area contributed by atoms with Crippen molar-refractivity contribution >= 4 is 22.2 Å². The van der Waals surface area contributed by atoms with Gasteiger partial charge >= 0.3 is 5.69 Å². The summed E-state index contributed by atoms with van der Waals surface area (Å²) in [7, 11) is 1.54. The first-order valence-electron chi connectivity index (χ1n) is 6.02. The van der Waals surface area contributed by atoms with E-state index < -0.39 is 5.69 Å². The summed E-state index contributed by atoms with van der Waals surface area (Å²) in [4.78, 5) is 28.1. The van der Waals surface area contributed by atoms with Gasteiger partial charge < -0.3 is 9.72 Å². The third kappa shape index (κ3) is 2.14. The molecule has 0 spiro atoms. The fourth-order valence-electron chi connectivity index (χ4n) is 2.06. The van der Waals surface area contributed by atoms with E-state index in [0.717, 1.165) is 4.88 Å². The zero-order valence-electron chi connectivity index (χ0n) is 10.8. The first-order valence-corrected chi connectivity index (χ1v) is 6.90. The molecule has 0 atom stereocenters. The van der Waals surface area contributed by atoms with Crippen molar-refractivity contribution in [2.45, 2.75) is 6.54 Å². The highest BCUT2D eigenvalue weighted by molar-refractivity contribution is 7.09. The molecule has 1 aromatic carbocycles. The number of methoxy groups -OCH3 is 1. The second kappa shape index (κ2) is 4.97. The first-order chi connectivity index (χ1) is 9.69. The quantitative estimate of drug-likeness (QED) is 0.799. The maximum atomic E-state index is 12.4. The molecular formula is C14H12N2O3S. The van der Waals surface area contributed by atoms with Crippen LogP contribution in [0.2, 0.25) is 0 Å². The number of hydrogen-bond acceptors (Lipinski definition) is 4. The van der Waals surface area contributed by atoms with Gasteiger partial charge in [-0.3, -0.25) is 9.36 Å². The predicted molar refractivity (Wildman–Crippen MR) is 78.8 cm³/mol. The number of ether oxygens (including phenoxy) is 1. The zero-order valence-corrected chi connectivity index (χ0v) is 11.6. The molecule has 0 bridgehead atoms. The average Bonchev–Trinajstić information content (AvgIpc) is 2.96. The van der Waals surface area contributed by atoms with Crippen LogP contribution in [0, 0.1) is 0 Å². The SMILES string of the molecule is COc1ccc2[nH]c(=O)n(Cc3cccs3)c(=O)c2c1. The smallest absolute Gasteiger partial charge is 0.329 e. The highest BCUT2D eigenvalue weighted by Gasteiger charge is 2.09. The van der Waals surface area contributed by atoms with Crippen molar-refractivity contribution in [3.8, 4) is 5.75 Å². The number of rotatable bonds is 3. The van der Waals surface area contributed by atoms with Crippen LogP contribution in [0.3, 0.4) is 0 Å². The van der Waals surface area contributed by atoms with E-state index in [1.165, 1.54) is 23.0 Å². The summed E-state index contributed by atoms with van der Waals surface area (Å²) in [6.45, 7) is 0.277. The lowest BCUT2D eigenvalue weighted by molar-refractivity contribution is 0.415. The molecule has 2 aromatic heterocycles. The van der Waals surface area contributed by atoms with E-state index in [2.05, 4.69) is 4.98 Å². The number of hydrogen-bond donors (Lipinski definition) is 1. The summed E-state index contributed by atoms with van der Waals surface area (Å²) >= 11 is 1.51. The van der Waals surface area contributed by atoms with E-state index >= 15 is 0 Å². The zero-order chi connectivity index (χ0) is 14.1. The fourth-order valence-corrected chi connectivity index (χ4v) is 2.75. The molecular weight excluding hydrogens is 276 g/mol. The van der Waals surface area contributed by atoms with E-state index in [-0.39, 0.29) is 12.1 Å². The Morgan fingerprint density at radius 1 is 1.30 bits per heavy atom. The summed E-state index contributed by atoms with van der Waals surface area (Å²) in [5, 5.41) is 2.36. The standard InChI is InChI=1S/C14H12N2O3S/c1-19-9-4-5-12-11(7-9)13(17)16(14(18)15-12)8-10-3-2-6-20-10/h2-7H,8H2,1H3,(H,15,18). The fraction of sp³-hybridized carbons (Fsp3) is 0.143. The number of aromatic nitrogens is 2. The van der Waals surface area contributed by atoms with Gasteiger partial charge in [0.25, 0.3) is 5.56 Å². The largest absolute Gasteiger partial charge is 0.497 e. The van der Waals surface area contributed by atoms with E-state index in [0.29, 0.717) is 16.7 Å². The summed E-state index contributed by atoms with van der Waals surface area (Å²) in [5.41, 5.74) is -0.194. The molecule has 0 saturated carbocycles. The van der Waals surface area contributed by atoms with Crippen molar-refractivity contribution in [2.24, 2.45) is 0 Å². The monoisotopic (exact) mass is 288 g/mol. The Hall–Kier alpha value is -2.34. The summed E-state index contributed by atoms with van der Waals surface area (Å²) in [6, 6.07) is 8.81. The van der Waals surface area contributed by atoms with Crippen LogP contribution in [0.25, 0.3) is 10.9 Å². The molecule has 2 heterocycles. The van der Waals surface area contributed by atoms with Crippen LogP contribution in [-0.4, -0.2) is 16.7 Å². The van der Waals surface area contributed by atoms with Gasteiger partial charge in [-0.05, 0) is 29.6 Å².